The van der Waals surface area contributed by atoms with E-state index in [1.165, 1.54) is 6.92 Å². The number of ether oxygens (including phenoxy) is 4. The average molecular weight is 708 g/mol. The van der Waals surface area contributed by atoms with Crippen molar-refractivity contribution in [1.82, 2.24) is 10.2 Å². The van der Waals surface area contributed by atoms with Crippen LogP contribution < -0.4 is 35.0 Å². The van der Waals surface area contributed by atoms with Crippen LogP contribution in [-0.4, -0.2) is 57.7 Å². The molecule has 2 N–H and O–H groups in total. The largest absolute Gasteiger partial charge is 0.496 e. The van der Waals surface area contributed by atoms with Crippen LogP contribution in [0.15, 0.2) is 65.5 Å². The Hall–Kier alpha value is -5.25. The molecule has 1 saturated heterocycles. The fraction of sp³-hybridized carbons (Fsp3) is 0.405. The van der Waals surface area contributed by atoms with E-state index in [-0.39, 0.29) is 29.2 Å². The topological polar surface area (TPSA) is 115 Å². The van der Waals surface area contributed by atoms with Gasteiger partial charge in [-0.25, -0.2) is 0 Å². The van der Waals surface area contributed by atoms with Crippen LogP contribution in [0, 0.1) is 5.92 Å². The molecule has 0 radical (unpaired) electrons. The van der Waals surface area contributed by atoms with Crippen molar-refractivity contribution in [3.8, 4) is 34.1 Å². The summed E-state index contributed by atoms with van der Waals surface area (Å²) in [5.74, 6) is 1.93. The van der Waals surface area contributed by atoms with Gasteiger partial charge in [0.25, 0.3) is 0 Å². The Balaban J connectivity index is 1.43. The summed E-state index contributed by atoms with van der Waals surface area (Å²) in [5.41, 5.74) is 4.22. The first-order valence-corrected chi connectivity index (χ1v) is 18.1. The van der Waals surface area contributed by atoms with Crippen molar-refractivity contribution < 1.29 is 28.5 Å². The van der Waals surface area contributed by atoms with Gasteiger partial charge in [-0.05, 0) is 83.5 Å². The highest BCUT2D eigenvalue weighted by atomic mass is 16.5. The number of hydrogen-bond donors (Lipinski definition) is 2. The molecule has 274 valence electrons. The van der Waals surface area contributed by atoms with E-state index >= 15 is 0 Å². The zero-order valence-corrected chi connectivity index (χ0v) is 31.1. The Labute approximate surface area is 305 Å². The average Bonchev–Trinajstić information content (AvgIpc) is 3.53. The van der Waals surface area contributed by atoms with Gasteiger partial charge in [0.15, 0.2) is 11.5 Å². The van der Waals surface area contributed by atoms with E-state index < -0.39 is 12.1 Å². The zero-order chi connectivity index (χ0) is 37.1. The molecule has 6 rings (SSSR count). The van der Waals surface area contributed by atoms with Gasteiger partial charge in [0.05, 0.1) is 46.2 Å². The SMILES string of the molecule is CC[C@H](C)[C@@H](Nc1ccc2c(cc1=O)[C@H](NC(C)=O)CCc1cc(OC)c(OC)c(OC)c1-2)C(=O)N1CCCC1c1ccc(OC)c2ccccc12. The van der Waals surface area contributed by atoms with E-state index in [0.29, 0.717) is 47.9 Å². The van der Waals surface area contributed by atoms with E-state index in [4.69, 9.17) is 18.9 Å². The van der Waals surface area contributed by atoms with Crippen LogP contribution in [0.25, 0.3) is 21.9 Å². The normalized spacial score (nSPS) is 17.6. The molecule has 10 heteroatoms. The number of aryl methyl sites for hydroxylation is 1. The molecule has 0 bridgehead atoms. The summed E-state index contributed by atoms with van der Waals surface area (Å²) in [6.07, 6.45) is 3.60. The Morgan fingerprint density at radius 3 is 2.27 bits per heavy atom. The maximum atomic E-state index is 14.7. The number of fused-ring (bicyclic) bond motifs is 4. The first-order valence-electron chi connectivity index (χ1n) is 18.1. The molecule has 2 aliphatic rings. The summed E-state index contributed by atoms with van der Waals surface area (Å²) in [7, 11) is 6.38. The summed E-state index contributed by atoms with van der Waals surface area (Å²) >= 11 is 0. The molecule has 0 saturated carbocycles. The van der Waals surface area contributed by atoms with Gasteiger partial charge in [0, 0.05) is 24.4 Å². The standard InChI is InChI=1S/C42H49N3O7/c1-8-24(2)39(42(48)45-21-11-14-34(45)28-17-20-36(49-4)29-13-10-9-12-27(28)29)44-33-19-16-30-31(23-35(33)47)32(43-25(3)46)18-15-26-22-37(50-5)40(51-6)41(52-7)38(26)30/h9-10,12-13,16-17,19-20,22-24,32,34,39H,8,11,14-15,18,21H2,1-7H3,(H,43,46)(H,44,47)/t24-,32+,34?,39+/m0/s1. The Bertz CT molecular complexity index is 2050. The molecule has 4 atom stereocenters. The van der Waals surface area contributed by atoms with Crippen LogP contribution in [0.5, 0.6) is 23.0 Å². The lowest BCUT2D eigenvalue weighted by Gasteiger charge is -2.33. The van der Waals surface area contributed by atoms with Crippen molar-refractivity contribution in [2.24, 2.45) is 5.92 Å². The Morgan fingerprint density at radius 1 is 0.865 bits per heavy atom. The molecule has 1 unspecified atom stereocenters. The molecular weight excluding hydrogens is 658 g/mol. The minimum absolute atomic E-state index is 0.0378. The van der Waals surface area contributed by atoms with Gasteiger partial charge in [-0.2, -0.15) is 0 Å². The zero-order valence-electron chi connectivity index (χ0n) is 31.1. The molecule has 1 heterocycles. The minimum atomic E-state index is -0.651. The van der Waals surface area contributed by atoms with Crippen molar-refractivity contribution in [2.45, 2.75) is 71.0 Å². The van der Waals surface area contributed by atoms with Crippen LogP contribution in [0.3, 0.4) is 0 Å². The summed E-state index contributed by atoms with van der Waals surface area (Å²) in [4.78, 5) is 43.3. The van der Waals surface area contributed by atoms with Gasteiger partial charge in [-0.3, -0.25) is 14.4 Å². The van der Waals surface area contributed by atoms with Gasteiger partial charge >= 0.3 is 0 Å². The van der Waals surface area contributed by atoms with Crippen LogP contribution in [-0.2, 0) is 16.0 Å². The maximum absolute atomic E-state index is 14.7. The number of anilines is 1. The third-order valence-electron chi connectivity index (χ3n) is 10.7. The van der Waals surface area contributed by atoms with E-state index in [0.717, 1.165) is 58.0 Å². The monoisotopic (exact) mass is 707 g/mol. The quantitative estimate of drug-likeness (QED) is 0.168. The number of rotatable bonds is 11. The first-order chi connectivity index (χ1) is 25.1. The summed E-state index contributed by atoms with van der Waals surface area (Å²) in [6, 6.07) is 18.1. The lowest BCUT2D eigenvalue weighted by molar-refractivity contribution is -0.134. The molecule has 1 aliphatic carbocycles. The summed E-state index contributed by atoms with van der Waals surface area (Å²) < 4.78 is 23.0. The van der Waals surface area contributed by atoms with E-state index in [9.17, 15) is 14.4 Å². The highest BCUT2D eigenvalue weighted by Crippen LogP contribution is 2.50. The second-order valence-electron chi connectivity index (χ2n) is 13.7. The van der Waals surface area contributed by atoms with Crippen molar-refractivity contribution in [2.75, 3.05) is 40.3 Å². The second-order valence-corrected chi connectivity index (χ2v) is 13.7. The number of carbonyl (C=O) groups excluding carboxylic acids is 2. The number of nitrogens with one attached hydrogen (secondary N) is 2. The summed E-state index contributed by atoms with van der Waals surface area (Å²) in [6.45, 7) is 6.19. The predicted octanol–water partition coefficient (Wildman–Crippen LogP) is 7.22. The highest BCUT2D eigenvalue weighted by molar-refractivity contribution is 5.93. The number of hydrogen-bond acceptors (Lipinski definition) is 8. The first kappa shape index (κ1) is 36.5. The molecule has 4 aromatic rings. The summed E-state index contributed by atoms with van der Waals surface area (Å²) in [5, 5.41) is 8.56. The highest BCUT2D eigenvalue weighted by Gasteiger charge is 2.37. The van der Waals surface area contributed by atoms with Gasteiger partial charge in [-0.15, -0.1) is 0 Å². The van der Waals surface area contributed by atoms with Crippen LogP contribution >= 0.6 is 0 Å². The van der Waals surface area contributed by atoms with E-state index in [2.05, 4.69) is 29.7 Å². The number of carbonyl (C=O) groups is 2. The predicted molar refractivity (Wildman–Crippen MR) is 204 cm³/mol. The molecule has 0 spiro atoms. The molecule has 1 fully saturated rings. The molecule has 2 amide bonds. The van der Waals surface area contributed by atoms with E-state index in [1.54, 1.807) is 40.6 Å². The van der Waals surface area contributed by atoms with Crippen molar-refractivity contribution >= 4 is 28.3 Å². The number of nitrogens with zero attached hydrogens (tertiary/aromatic N) is 1. The van der Waals surface area contributed by atoms with Crippen molar-refractivity contribution in [3.63, 3.8) is 0 Å². The minimum Gasteiger partial charge on any atom is -0.496 e. The molecule has 1 aliphatic heterocycles. The molecule has 0 aromatic heterocycles. The van der Waals surface area contributed by atoms with Gasteiger partial charge in [-0.1, -0.05) is 56.7 Å². The third kappa shape index (κ3) is 6.74. The van der Waals surface area contributed by atoms with E-state index in [1.807, 2.05) is 48.2 Å². The Morgan fingerprint density at radius 2 is 1.60 bits per heavy atom. The Kier molecular flexibility index (Phi) is 10.9. The van der Waals surface area contributed by atoms with Gasteiger partial charge < -0.3 is 34.5 Å². The van der Waals surface area contributed by atoms with Crippen LogP contribution in [0.1, 0.15) is 75.2 Å². The van der Waals surface area contributed by atoms with Crippen LogP contribution in [0.2, 0.25) is 0 Å². The number of methoxy groups -OCH3 is 4. The number of benzene rings is 3. The van der Waals surface area contributed by atoms with Gasteiger partial charge in [0.1, 0.15) is 11.8 Å². The lowest BCUT2D eigenvalue weighted by atomic mass is 9.94. The maximum Gasteiger partial charge on any atom is 0.245 e. The van der Waals surface area contributed by atoms with Crippen LogP contribution in [0.4, 0.5) is 5.69 Å². The molecular formula is C42H49N3O7. The van der Waals surface area contributed by atoms with Gasteiger partial charge in [0.2, 0.25) is 23.0 Å². The fourth-order valence-electron chi connectivity index (χ4n) is 7.97. The molecule has 4 aromatic carbocycles. The second kappa shape index (κ2) is 15.6. The van der Waals surface area contributed by atoms with Crippen molar-refractivity contribution in [1.29, 1.82) is 0 Å². The van der Waals surface area contributed by atoms with Crippen molar-refractivity contribution in [3.05, 3.63) is 87.6 Å². The molecule has 10 nitrogen and oxygen atoms in total. The fourth-order valence-corrected chi connectivity index (χ4v) is 7.97. The number of amides is 2. The third-order valence-corrected chi connectivity index (χ3v) is 10.7. The molecule has 52 heavy (non-hydrogen) atoms. The lowest BCUT2D eigenvalue weighted by Crippen LogP contribution is -2.46. The number of likely N-dealkylation sites (tertiary alicyclic amines) is 1. The smallest absolute Gasteiger partial charge is 0.245 e.